The first kappa shape index (κ1) is 17.5. The lowest BCUT2D eigenvalue weighted by molar-refractivity contribution is -0.118. The van der Waals surface area contributed by atoms with Gasteiger partial charge in [-0.1, -0.05) is 23.7 Å². The first-order valence-corrected chi connectivity index (χ1v) is 9.05. The van der Waals surface area contributed by atoms with E-state index in [9.17, 15) is 9.59 Å². The van der Waals surface area contributed by atoms with Crippen molar-refractivity contribution in [2.75, 3.05) is 11.4 Å². The molecule has 0 aliphatic carbocycles. The summed E-state index contributed by atoms with van der Waals surface area (Å²) in [7, 11) is 0. The van der Waals surface area contributed by atoms with E-state index < -0.39 is 0 Å². The van der Waals surface area contributed by atoms with Crippen LogP contribution >= 0.6 is 11.6 Å². The zero-order valence-corrected chi connectivity index (χ0v) is 15.5. The van der Waals surface area contributed by atoms with E-state index in [-0.39, 0.29) is 18.1 Å². The Morgan fingerprint density at radius 3 is 2.70 bits per heavy atom. The van der Waals surface area contributed by atoms with Gasteiger partial charge in [0, 0.05) is 29.1 Å². The number of rotatable bonds is 3. The monoisotopic (exact) mass is 380 g/mol. The molecule has 3 aromatic rings. The molecule has 6 heteroatoms. The highest BCUT2D eigenvalue weighted by molar-refractivity contribution is 6.30. The Morgan fingerprint density at radius 1 is 1.19 bits per heavy atom. The molecule has 136 valence electrons. The van der Waals surface area contributed by atoms with Crippen molar-refractivity contribution in [2.24, 2.45) is 0 Å². The number of halogens is 1. The van der Waals surface area contributed by atoms with Crippen molar-refractivity contribution in [1.82, 2.24) is 4.98 Å². The Kier molecular flexibility index (Phi) is 4.54. The molecular formula is C21H17ClN2O3. The number of anilines is 1. The molecule has 27 heavy (non-hydrogen) atoms. The van der Waals surface area contributed by atoms with Gasteiger partial charge < -0.3 is 9.32 Å². The molecular weight excluding hydrogens is 364 g/mol. The van der Waals surface area contributed by atoms with Crippen LogP contribution in [-0.4, -0.2) is 23.2 Å². The van der Waals surface area contributed by atoms with Crippen LogP contribution in [0.1, 0.15) is 28.2 Å². The van der Waals surface area contributed by atoms with Crippen molar-refractivity contribution in [3.63, 3.8) is 0 Å². The molecule has 1 amide bonds. The van der Waals surface area contributed by atoms with E-state index in [1.165, 1.54) is 0 Å². The average Bonchev–Trinajstić information content (AvgIpc) is 3.03. The second-order valence-electron chi connectivity index (χ2n) is 6.44. The predicted molar refractivity (Wildman–Crippen MR) is 103 cm³/mol. The fourth-order valence-electron chi connectivity index (χ4n) is 3.22. The van der Waals surface area contributed by atoms with Gasteiger partial charge in [0.05, 0.1) is 17.8 Å². The second-order valence-corrected chi connectivity index (χ2v) is 6.88. The van der Waals surface area contributed by atoms with Crippen molar-refractivity contribution in [2.45, 2.75) is 19.8 Å². The minimum Gasteiger partial charge on any atom is -0.441 e. The third kappa shape index (κ3) is 3.38. The number of fused-ring (bicyclic) bond motifs is 1. The summed E-state index contributed by atoms with van der Waals surface area (Å²) in [4.78, 5) is 31.1. The number of carbonyl (C=O) groups excluding carboxylic acids is 2. The van der Waals surface area contributed by atoms with Gasteiger partial charge in [-0.3, -0.25) is 9.59 Å². The highest BCUT2D eigenvalue weighted by Gasteiger charge is 2.28. The summed E-state index contributed by atoms with van der Waals surface area (Å²) in [5.74, 6) is 1.03. The second kappa shape index (κ2) is 7.00. The van der Waals surface area contributed by atoms with Gasteiger partial charge >= 0.3 is 0 Å². The largest absolute Gasteiger partial charge is 0.441 e. The molecule has 5 nitrogen and oxygen atoms in total. The third-order valence-electron chi connectivity index (χ3n) is 4.66. The number of para-hydroxylation sites is 1. The number of Topliss-reactive ketones (excluding diaryl/α,β-unsaturated/α-hetero) is 1. The maximum absolute atomic E-state index is 12.9. The number of oxazole rings is 1. The van der Waals surface area contributed by atoms with Gasteiger partial charge in [0.2, 0.25) is 11.8 Å². The summed E-state index contributed by atoms with van der Waals surface area (Å²) in [6.07, 6.45) is 0.446. The normalized spacial score (nSPS) is 13.6. The maximum atomic E-state index is 12.9. The topological polar surface area (TPSA) is 63.4 Å². The van der Waals surface area contributed by atoms with Crippen LogP contribution in [0.5, 0.6) is 0 Å². The lowest BCUT2D eigenvalue weighted by Crippen LogP contribution is -2.38. The molecule has 0 saturated heterocycles. The van der Waals surface area contributed by atoms with E-state index in [0.29, 0.717) is 46.6 Å². The van der Waals surface area contributed by atoms with Crippen molar-refractivity contribution in [3.8, 4) is 11.5 Å². The zero-order valence-electron chi connectivity index (χ0n) is 14.7. The Balaban J connectivity index is 1.58. The molecule has 2 heterocycles. The lowest BCUT2D eigenvalue weighted by Gasteiger charge is -2.28. The molecule has 0 unspecified atom stereocenters. The van der Waals surface area contributed by atoms with Gasteiger partial charge in [-0.25, -0.2) is 4.98 Å². The molecule has 1 aliphatic rings. The summed E-state index contributed by atoms with van der Waals surface area (Å²) in [5.41, 5.74) is 2.66. The summed E-state index contributed by atoms with van der Waals surface area (Å²) >= 11 is 5.92. The van der Waals surface area contributed by atoms with Crippen LogP contribution in [0.15, 0.2) is 52.9 Å². The van der Waals surface area contributed by atoms with Crippen LogP contribution < -0.4 is 4.90 Å². The summed E-state index contributed by atoms with van der Waals surface area (Å²) in [6.45, 7) is 2.18. The number of benzene rings is 2. The maximum Gasteiger partial charge on any atom is 0.233 e. The highest BCUT2D eigenvalue weighted by Crippen LogP contribution is 2.28. The van der Waals surface area contributed by atoms with Gasteiger partial charge in [-0.05, 0) is 43.3 Å². The Morgan fingerprint density at radius 2 is 1.93 bits per heavy atom. The molecule has 0 N–H and O–H groups in total. The van der Waals surface area contributed by atoms with Gasteiger partial charge in [0.25, 0.3) is 0 Å². The minimum atomic E-state index is -0.103. The Bertz CT molecular complexity index is 1020. The SMILES string of the molecule is Cc1oc(-c2ccc(Cl)cc2)nc1CC(=O)N1CCC(=O)c2ccccc21. The van der Waals surface area contributed by atoms with Crippen molar-refractivity contribution < 1.29 is 14.0 Å². The van der Waals surface area contributed by atoms with E-state index in [0.717, 1.165) is 5.56 Å². The average molecular weight is 381 g/mol. The fraction of sp³-hybridized carbons (Fsp3) is 0.190. The zero-order chi connectivity index (χ0) is 19.0. The van der Waals surface area contributed by atoms with E-state index in [4.69, 9.17) is 16.0 Å². The molecule has 1 aromatic heterocycles. The molecule has 0 saturated carbocycles. The van der Waals surface area contributed by atoms with Crippen molar-refractivity contribution in [1.29, 1.82) is 0 Å². The number of ketones is 1. The van der Waals surface area contributed by atoms with Crippen molar-refractivity contribution >= 4 is 29.0 Å². The first-order valence-electron chi connectivity index (χ1n) is 8.68. The smallest absolute Gasteiger partial charge is 0.233 e. The number of hydrogen-bond donors (Lipinski definition) is 0. The quantitative estimate of drug-likeness (QED) is 0.672. The van der Waals surface area contributed by atoms with Crippen LogP contribution in [0.4, 0.5) is 5.69 Å². The number of aryl methyl sites for hydroxylation is 1. The number of aromatic nitrogens is 1. The number of carbonyl (C=O) groups is 2. The molecule has 4 rings (SSSR count). The van der Waals surface area contributed by atoms with Gasteiger partial charge in [0.15, 0.2) is 5.78 Å². The third-order valence-corrected chi connectivity index (χ3v) is 4.91. The summed E-state index contributed by atoms with van der Waals surface area (Å²) in [5, 5.41) is 0.635. The molecule has 0 radical (unpaired) electrons. The van der Waals surface area contributed by atoms with E-state index in [1.807, 2.05) is 24.3 Å². The number of amides is 1. The van der Waals surface area contributed by atoms with Crippen LogP contribution in [0.3, 0.4) is 0 Å². The highest BCUT2D eigenvalue weighted by atomic mass is 35.5. The number of nitrogens with zero attached hydrogens (tertiary/aromatic N) is 2. The van der Waals surface area contributed by atoms with Crippen LogP contribution in [0, 0.1) is 6.92 Å². The molecule has 0 spiro atoms. The summed E-state index contributed by atoms with van der Waals surface area (Å²) < 4.78 is 5.74. The number of hydrogen-bond acceptors (Lipinski definition) is 4. The first-order chi connectivity index (χ1) is 13.0. The van der Waals surface area contributed by atoms with Crippen LogP contribution in [0.2, 0.25) is 5.02 Å². The van der Waals surface area contributed by atoms with E-state index in [1.54, 1.807) is 36.1 Å². The Hall–Kier alpha value is -2.92. The molecule has 2 aromatic carbocycles. The predicted octanol–water partition coefficient (Wildman–Crippen LogP) is 4.47. The van der Waals surface area contributed by atoms with Crippen molar-refractivity contribution in [3.05, 3.63) is 70.6 Å². The van der Waals surface area contributed by atoms with Gasteiger partial charge in [-0.2, -0.15) is 0 Å². The molecule has 0 atom stereocenters. The Labute approximate surface area is 161 Å². The van der Waals surface area contributed by atoms with Crippen LogP contribution in [-0.2, 0) is 11.2 Å². The van der Waals surface area contributed by atoms with E-state index in [2.05, 4.69) is 4.98 Å². The lowest BCUT2D eigenvalue weighted by atomic mass is 10.00. The molecule has 0 bridgehead atoms. The fourth-order valence-corrected chi connectivity index (χ4v) is 3.34. The van der Waals surface area contributed by atoms with Crippen LogP contribution in [0.25, 0.3) is 11.5 Å². The molecule has 1 aliphatic heterocycles. The minimum absolute atomic E-state index is 0.0669. The molecule has 0 fully saturated rings. The standard InChI is InChI=1S/C21H17ClN2O3/c1-13-17(23-21(27-13)14-6-8-15(22)9-7-14)12-20(26)24-11-10-19(25)16-4-2-3-5-18(16)24/h2-9H,10-12H2,1H3. The summed E-state index contributed by atoms with van der Waals surface area (Å²) in [6, 6.07) is 14.4. The van der Waals surface area contributed by atoms with E-state index >= 15 is 0 Å². The van der Waals surface area contributed by atoms with Gasteiger partial charge in [-0.15, -0.1) is 0 Å². The van der Waals surface area contributed by atoms with Gasteiger partial charge in [0.1, 0.15) is 5.76 Å².